The Kier molecular flexibility index (Phi) is 6.56. The van der Waals surface area contributed by atoms with Gasteiger partial charge in [-0.25, -0.2) is 0 Å². The first kappa shape index (κ1) is 14.4. The number of benzene rings is 1. The van der Waals surface area contributed by atoms with Crippen LogP contribution in [-0.2, 0) is 9.53 Å². The zero-order chi connectivity index (χ0) is 10.6. The van der Waals surface area contributed by atoms with Crippen molar-refractivity contribution in [3.8, 4) is 0 Å². The summed E-state index contributed by atoms with van der Waals surface area (Å²) in [6.07, 6.45) is 0.201. The molecule has 0 bridgehead atoms. The lowest BCUT2D eigenvalue weighted by molar-refractivity contribution is -0.141. The zero-order valence-electron chi connectivity index (χ0n) is 8.27. The first-order chi connectivity index (χ1) is 6.63. The Bertz CT molecular complexity index is 333. The van der Waals surface area contributed by atoms with Gasteiger partial charge in [0.25, 0.3) is 0 Å². The monoisotopic (exact) mass is 293 g/mol. The lowest BCUT2D eigenvalue weighted by Gasteiger charge is -2.10. The van der Waals surface area contributed by atoms with E-state index in [0.29, 0.717) is 0 Å². The maximum atomic E-state index is 11.0. The molecule has 1 aromatic carbocycles. The highest BCUT2D eigenvalue weighted by Crippen LogP contribution is 2.18. The summed E-state index contributed by atoms with van der Waals surface area (Å²) in [5.41, 5.74) is 6.74. The van der Waals surface area contributed by atoms with Gasteiger partial charge in [-0.15, -0.1) is 12.4 Å². The topological polar surface area (TPSA) is 52.3 Å². The largest absolute Gasteiger partial charge is 0.469 e. The van der Waals surface area contributed by atoms with Crippen LogP contribution < -0.4 is 5.73 Å². The number of rotatable bonds is 3. The summed E-state index contributed by atoms with van der Waals surface area (Å²) in [7, 11) is 1.36. The molecule has 84 valence electrons. The van der Waals surface area contributed by atoms with Gasteiger partial charge < -0.3 is 10.5 Å². The van der Waals surface area contributed by atoms with Crippen LogP contribution in [0.25, 0.3) is 0 Å². The Labute approximate surface area is 104 Å². The minimum absolute atomic E-state index is 0. The van der Waals surface area contributed by atoms with Gasteiger partial charge in [0.1, 0.15) is 0 Å². The quantitative estimate of drug-likeness (QED) is 0.871. The summed E-state index contributed by atoms with van der Waals surface area (Å²) in [6.45, 7) is 0. The van der Waals surface area contributed by atoms with Gasteiger partial charge in [0.15, 0.2) is 0 Å². The third kappa shape index (κ3) is 4.64. The summed E-state index contributed by atoms with van der Waals surface area (Å²) in [4.78, 5) is 11.0. The molecule has 0 spiro atoms. The average Bonchev–Trinajstić information content (AvgIpc) is 2.17. The van der Waals surface area contributed by atoms with E-state index in [9.17, 15) is 4.79 Å². The number of esters is 1. The molecule has 15 heavy (non-hydrogen) atoms. The number of methoxy groups -OCH3 is 1. The van der Waals surface area contributed by atoms with Crippen molar-refractivity contribution in [2.24, 2.45) is 5.73 Å². The Balaban J connectivity index is 0.00000196. The lowest BCUT2D eigenvalue weighted by Crippen LogP contribution is -2.16. The summed E-state index contributed by atoms with van der Waals surface area (Å²) < 4.78 is 5.50. The molecular weight excluding hydrogens is 281 g/mol. The van der Waals surface area contributed by atoms with Crippen molar-refractivity contribution in [1.82, 2.24) is 0 Å². The van der Waals surface area contributed by atoms with Gasteiger partial charge in [-0.05, 0) is 17.7 Å². The van der Waals surface area contributed by atoms with Gasteiger partial charge in [-0.3, -0.25) is 4.79 Å². The van der Waals surface area contributed by atoms with E-state index >= 15 is 0 Å². The second-order valence-corrected chi connectivity index (χ2v) is 3.86. The fourth-order valence-corrected chi connectivity index (χ4v) is 1.53. The van der Waals surface area contributed by atoms with Crippen LogP contribution in [0.5, 0.6) is 0 Å². The number of hydrogen-bond acceptors (Lipinski definition) is 3. The molecule has 2 N–H and O–H groups in total. The molecule has 0 saturated heterocycles. The summed E-state index contributed by atoms with van der Waals surface area (Å²) in [5.74, 6) is -0.294. The highest BCUT2D eigenvalue weighted by Gasteiger charge is 2.11. The van der Waals surface area contributed by atoms with Crippen molar-refractivity contribution < 1.29 is 9.53 Å². The van der Waals surface area contributed by atoms with Crippen LogP contribution in [0.15, 0.2) is 28.7 Å². The molecule has 1 rings (SSSR count). The zero-order valence-corrected chi connectivity index (χ0v) is 10.7. The highest BCUT2D eigenvalue weighted by molar-refractivity contribution is 9.10. The Hall–Kier alpha value is -0.580. The van der Waals surface area contributed by atoms with Gasteiger partial charge in [0.2, 0.25) is 0 Å². The van der Waals surface area contributed by atoms with E-state index in [1.807, 2.05) is 24.3 Å². The minimum atomic E-state index is -0.306. The molecule has 0 aliphatic carbocycles. The van der Waals surface area contributed by atoms with Gasteiger partial charge in [0, 0.05) is 10.5 Å². The lowest BCUT2D eigenvalue weighted by atomic mass is 10.1. The SMILES string of the molecule is COC(=O)CC(N)c1cccc(Br)c1.Cl. The average molecular weight is 295 g/mol. The smallest absolute Gasteiger partial charge is 0.307 e. The van der Waals surface area contributed by atoms with Crippen molar-refractivity contribution >= 4 is 34.3 Å². The number of carbonyl (C=O) groups is 1. The highest BCUT2D eigenvalue weighted by atomic mass is 79.9. The van der Waals surface area contributed by atoms with Gasteiger partial charge in [-0.2, -0.15) is 0 Å². The number of nitrogens with two attached hydrogens (primary N) is 1. The van der Waals surface area contributed by atoms with Crippen LogP contribution in [0.3, 0.4) is 0 Å². The maximum Gasteiger partial charge on any atom is 0.307 e. The molecule has 0 aliphatic heterocycles. The normalized spacial score (nSPS) is 11.4. The fraction of sp³-hybridized carbons (Fsp3) is 0.300. The van der Waals surface area contributed by atoms with Crippen LogP contribution in [0.4, 0.5) is 0 Å². The third-order valence-corrected chi connectivity index (χ3v) is 2.38. The molecule has 1 atom stereocenters. The van der Waals surface area contributed by atoms with Crippen molar-refractivity contribution in [3.05, 3.63) is 34.3 Å². The Morgan fingerprint density at radius 3 is 2.80 bits per heavy atom. The van der Waals surface area contributed by atoms with E-state index < -0.39 is 0 Å². The molecule has 1 aromatic rings. The van der Waals surface area contributed by atoms with Gasteiger partial charge in [0.05, 0.1) is 13.5 Å². The van der Waals surface area contributed by atoms with E-state index in [0.717, 1.165) is 10.0 Å². The molecule has 3 nitrogen and oxygen atoms in total. The second kappa shape index (κ2) is 6.82. The molecule has 0 amide bonds. The standard InChI is InChI=1S/C10H12BrNO2.ClH/c1-14-10(13)6-9(12)7-3-2-4-8(11)5-7;/h2-5,9H,6,12H2,1H3;1H. The molecule has 0 saturated carbocycles. The number of hydrogen-bond donors (Lipinski definition) is 1. The predicted molar refractivity (Wildman–Crippen MR) is 65.0 cm³/mol. The molecule has 1 unspecified atom stereocenters. The van der Waals surface area contributed by atoms with Crippen LogP contribution in [0.2, 0.25) is 0 Å². The molecular formula is C10H13BrClNO2. The third-order valence-electron chi connectivity index (χ3n) is 1.89. The maximum absolute atomic E-state index is 11.0. The fourth-order valence-electron chi connectivity index (χ4n) is 1.12. The first-order valence-corrected chi connectivity index (χ1v) is 5.00. The molecule has 5 heteroatoms. The van der Waals surface area contributed by atoms with E-state index in [1.165, 1.54) is 7.11 Å². The van der Waals surface area contributed by atoms with E-state index in [2.05, 4.69) is 20.7 Å². The number of ether oxygens (including phenoxy) is 1. The predicted octanol–water partition coefficient (Wildman–Crippen LogP) is 2.43. The molecule has 0 aliphatic rings. The summed E-state index contributed by atoms with van der Waals surface area (Å²) >= 11 is 3.34. The van der Waals surface area contributed by atoms with Gasteiger partial charge in [-0.1, -0.05) is 28.1 Å². The molecule has 0 heterocycles. The van der Waals surface area contributed by atoms with Crippen molar-refractivity contribution in [3.63, 3.8) is 0 Å². The minimum Gasteiger partial charge on any atom is -0.469 e. The second-order valence-electron chi connectivity index (χ2n) is 2.94. The summed E-state index contributed by atoms with van der Waals surface area (Å²) in [5, 5.41) is 0. The van der Waals surface area contributed by atoms with E-state index in [4.69, 9.17) is 5.73 Å². The summed E-state index contributed by atoms with van der Waals surface area (Å²) in [6, 6.07) is 7.27. The molecule has 0 radical (unpaired) electrons. The molecule has 0 fully saturated rings. The van der Waals surface area contributed by atoms with Crippen molar-refractivity contribution in [2.45, 2.75) is 12.5 Å². The Morgan fingerprint density at radius 2 is 2.27 bits per heavy atom. The van der Waals surface area contributed by atoms with Crippen LogP contribution in [-0.4, -0.2) is 13.1 Å². The molecule has 0 aromatic heterocycles. The van der Waals surface area contributed by atoms with Crippen LogP contribution in [0.1, 0.15) is 18.0 Å². The van der Waals surface area contributed by atoms with E-state index in [-0.39, 0.29) is 30.8 Å². The van der Waals surface area contributed by atoms with Crippen LogP contribution in [0, 0.1) is 0 Å². The number of halogens is 2. The van der Waals surface area contributed by atoms with Crippen LogP contribution >= 0.6 is 28.3 Å². The Morgan fingerprint density at radius 1 is 1.60 bits per heavy atom. The number of carbonyl (C=O) groups excluding carboxylic acids is 1. The van der Waals surface area contributed by atoms with Crippen molar-refractivity contribution in [2.75, 3.05) is 7.11 Å². The van der Waals surface area contributed by atoms with Gasteiger partial charge >= 0.3 is 5.97 Å². The first-order valence-electron chi connectivity index (χ1n) is 4.21. The van der Waals surface area contributed by atoms with Crippen molar-refractivity contribution in [1.29, 1.82) is 0 Å². The van der Waals surface area contributed by atoms with E-state index in [1.54, 1.807) is 0 Å².